The summed E-state index contributed by atoms with van der Waals surface area (Å²) in [6.45, 7) is 5.40. The van der Waals surface area contributed by atoms with E-state index in [2.05, 4.69) is 15.6 Å². The molecule has 0 aliphatic rings. The summed E-state index contributed by atoms with van der Waals surface area (Å²) < 4.78 is 16.0. The van der Waals surface area contributed by atoms with Gasteiger partial charge in [-0.25, -0.2) is 0 Å². The molecule has 0 heterocycles. The first kappa shape index (κ1) is 21.9. The Morgan fingerprint density at radius 3 is 2.74 bits per heavy atom. The van der Waals surface area contributed by atoms with E-state index in [1.165, 1.54) is 0 Å². The third-order valence-corrected chi connectivity index (χ3v) is 2.82. The molecule has 7 heteroatoms. The van der Waals surface area contributed by atoms with Crippen LogP contribution in [-0.2, 0) is 9.47 Å². The van der Waals surface area contributed by atoms with E-state index in [4.69, 9.17) is 14.2 Å². The van der Waals surface area contributed by atoms with Crippen LogP contribution in [0.5, 0.6) is 5.75 Å². The number of nitrogens with zero attached hydrogens (tertiary/aromatic N) is 1. The van der Waals surface area contributed by atoms with E-state index in [9.17, 15) is 0 Å². The molecule has 0 unspecified atom stereocenters. The third kappa shape index (κ3) is 10.4. The molecule has 0 spiro atoms. The van der Waals surface area contributed by atoms with Crippen molar-refractivity contribution in [2.45, 2.75) is 13.3 Å². The van der Waals surface area contributed by atoms with Gasteiger partial charge in [0, 0.05) is 52.1 Å². The molecule has 1 rings (SSSR count). The number of hydrogen-bond acceptors (Lipinski definition) is 4. The summed E-state index contributed by atoms with van der Waals surface area (Å²) in [5.74, 6) is 1.53. The molecule has 0 bridgehead atoms. The standard InChI is InChI=1S/C16H27N3O3.HI/c1-4-21-12-9-18-16(17-2)19-14-7-5-8-15(13-14)22-11-6-10-20-3;/h5,7-8,13H,4,6,9-12H2,1-3H3,(H2,17,18,19);1H. The van der Waals surface area contributed by atoms with Crippen molar-refractivity contribution in [3.63, 3.8) is 0 Å². The van der Waals surface area contributed by atoms with Gasteiger partial charge in [0.1, 0.15) is 5.75 Å². The highest BCUT2D eigenvalue weighted by Crippen LogP contribution is 2.17. The highest BCUT2D eigenvalue weighted by Gasteiger charge is 2.01. The SMILES string of the molecule is CCOCCNC(=NC)Nc1cccc(OCCCOC)c1.I. The fourth-order valence-electron chi connectivity index (χ4n) is 1.76. The van der Waals surface area contributed by atoms with Gasteiger partial charge in [0.25, 0.3) is 0 Å². The topological polar surface area (TPSA) is 64.1 Å². The van der Waals surface area contributed by atoms with Crippen molar-refractivity contribution >= 4 is 35.6 Å². The smallest absolute Gasteiger partial charge is 0.195 e. The second kappa shape index (κ2) is 14.5. The van der Waals surface area contributed by atoms with Gasteiger partial charge >= 0.3 is 0 Å². The van der Waals surface area contributed by atoms with E-state index in [-0.39, 0.29) is 24.0 Å². The summed E-state index contributed by atoms with van der Waals surface area (Å²) in [7, 11) is 3.43. The number of ether oxygens (including phenoxy) is 3. The average molecular weight is 437 g/mol. The van der Waals surface area contributed by atoms with E-state index in [1.54, 1.807) is 14.2 Å². The zero-order chi connectivity index (χ0) is 16.0. The van der Waals surface area contributed by atoms with Crippen LogP contribution in [0.15, 0.2) is 29.3 Å². The lowest BCUT2D eigenvalue weighted by atomic mass is 10.3. The van der Waals surface area contributed by atoms with Gasteiger partial charge in [-0.1, -0.05) is 6.07 Å². The molecule has 2 N–H and O–H groups in total. The van der Waals surface area contributed by atoms with Gasteiger partial charge < -0.3 is 24.8 Å². The first-order valence-corrected chi connectivity index (χ1v) is 7.57. The molecule has 0 fully saturated rings. The summed E-state index contributed by atoms with van der Waals surface area (Å²) in [6, 6.07) is 7.80. The third-order valence-electron chi connectivity index (χ3n) is 2.82. The van der Waals surface area contributed by atoms with Crippen LogP contribution in [0.4, 0.5) is 5.69 Å². The Morgan fingerprint density at radius 1 is 1.22 bits per heavy atom. The number of hydrogen-bond donors (Lipinski definition) is 2. The molecule has 6 nitrogen and oxygen atoms in total. The van der Waals surface area contributed by atoms with Crippen LogP contribution in [0.2, 0.25) is 0 Å². The molecule has 0 aliphatic heterocycles. The van der Waals surface area contributed by atoms with Gasteiger partial charge in [-0.15, -0.1) is 24.0 Å². The monoisotopic (exact) mass is 437 g/mol. The molecular formula is C16H28IN3O3. The quantitative estimate of drug-likeness (QED) is 0.255. The second-order valence-corrected chi connectivity index (χ2v) is 4.54. The Labute approximate surface area is 156 Å². The molecule has 23 heavy (non-hydrogen) atoms. The van der Waals surface area contributed by atoms with Crippen LogP contribution in [-0.4, -0.2) is 53.1 Å². The maximum absolute atomic E-state index is 5.68. The minimum Gasteiger partial charge on any atom is -0.493 e. The average Bonchev–Trinajstić information content (AvgIpc) is 2.55. The molecule has 0 radical (unpaired) electrons. The molecular weight excluding hydrogens is 409 g/mol. The van der Waals surface area contributed by atoms with Crippen molar-refractivity contribution < 1.29 is 14.2 Å². The molecule has 0 saturated heterocycles. The van der Waals surface area contributed by atoms with Crippen molar-refractivity contribution in [2.24, 2.45) is 4.99 Å². The molecule has 132 valence electrons. The maximum Gasteiger partial charge on any atom is 0.195 e. The molecule has 0 aromatic heterocycles. The Balaban J connectivity index is 0.00000484. The minimum absolute atomic E-state index is 0. The molecule has 0 aliphatic carbocycles. The van der Waals surface area contributed by atoms with E-state index < -0.39 is 0 Å². The van der Waals surface area contributed by atoms with Crippen molar-refractivity contribution in [1.29, 1.82) is 0 Å². The van der Waals surface area contributed by atoms with E-state index in [0.717, 1.165) is 24.5 Å². The van der Waals surface area contributed by atoms with Crippen LogP contribution < -0.4 is 15.4 Å². The van der Waals surface area contributed by atoms with E-state index >= 15 is 0 Å². The van der Waals surface area contributed by atoms with Crippen LogP contribution in [0.1, 0.15) is 13.3 Å². The first-order chi connectivity index (χ1) is 10.8. The number of benzene rings is 1. The fourth-order valence-corrected chi connectivity index (χ4v) is 1.76. The van der Waals surface area contributed by atoms with Crippen LogP contribution in [0.25, 0.3) is 0 Å². The lowest BCUT2D eigenvalue weighted by Crippen LogP contribution is -2.33. The zero-order valence-electron chi connectivity index (χ0n) is 14.1. The van der Waals surface area contributed by atoms with Crippen molar-refractivity contribution in [2.75, 3.05) is 52.4 Å². The minimum atomic E-state index is 0. The number of nitrogens with one attached hydrogen (secondary N) is 2. The number of aliphatic imine (C=N–C) groups is 1. The predicted molar refractivity (Wildman–Crippen MR) is 105 cm³/mol. The summed E-state index contributed by atoms with van der Waals surface area (Å²) in [5.41, 5.74) is 0.925. The maximum atomic E-state index is 5.68. The molecule has 0 atom stereocenters. The van der Waals surface area contributed by atoms with Crippen molar-refractivity contribution in [1.82, 2.24) is 5.32 Å². The predicted octanol–water partition coefficient (Wildman–Crippen LogP) is 2.74. The zero-order valence-corrected chi connectivity index (χ0v) is 16.5. The fraction of sp³-hybridized carbons (Fsp3) is 0.562. The summed E-state index contributed by atoms with van der Waals surface area (Å²) in [4.78, 5) is 4.18. The van der Waals surface area contributed by atoms with Gasteiger partial charge in [-0.2, -0.15) is 0 Å². The lowest BCUT2D eigenvalue weighted by Gasteiger charge is -2.13. The second-order valence-electron chi connectivity index (χ2n) is 4.54. The Hall–Kier alpha value is -1.06. The van der Waals surface area contributed by atoms with Crippen LogP contribution in [0, 0.1) is 0 Å². The van der Waals surface area contributed by atoms with Crippen molar-refractivity contribution in [3.05, 3.63) is 24.3 Å². The highest BCUT2D eigenvalue weighted by molar-refractivity contribution is 14.0. The molecule has 0 amide bonds. The Morgan fingerprint density at radius 2 is 2.04 bits per heavy atom. The van der Waals surface area contributed by atoms with Crippen LogP contribution in [0.3, 0.4) is 0 Å². The Kier molecular flexibility index (Phi) is 13.9. The lowest BCUT2D eigenvalue weighted by molar-refractivity contribution is 0.152. The number of anilines is 1. The Bertz CT molecular complexity index is 444. The number of methoxy groups -OCH3 is 1. The van der Waals surface area contributed by atoms with Gasteiger partial charge in [0.2, 0.25) is 0 Å². The normalized spacial score (nSPS) is 10.8. The molecule has 1 aromatic carbocycles. The van der Waals surface area contributed by atoms with Gasteiger partial charge in [-0.3, -0.25) is 4.99 Å². The van der Waals surface area contributed by atoms with Gasteiger partial charge in [0.05, 0.1) is 13.2 Å². The summed E-state index contributed by atoms with van der Waals surface area (Å²) in [6.07, 6.45) is 0.870. The number of guanidine groups is 1. The van der Waals surface area contributed by atoms with E-state index in [0.29, 0.717) is 32.3 Å². The summed E-state index contributed by atoms with van der Waals surface area (Å²) >= 11 is 0. The van der Waals surface area contributed by atoms with Crippen molar-refractivity contribution in [3.8, 4) is 5.75 Å². The summed E-state index contributed by atoms with van der Waals surface area (Å²) in [5, 5.41) is 6.41. The van der Waals surface area contributed by atoms with E-state index in [1.807, 2.05) is 31.2 Å². The number of halogens is 1. The largest absolute Gasteiger partial charge is 0.493 e. The van der Waals surface area contributed by atoms with Crippen LogP contribution >= 0.6 is 24.0 Å². The van der Waals surface area contributed by atoms with Gasteiger partial charge in [0.15, 0.2) is 5.96 Å². The first-order valence-electron chi connectivity index (χ1n) is 7.57. The van der Waals surface area contributed by atoms with Gasteiger partial charge in [-0.05, 0) is 19.1 Å². The number of rotatable bonds is 10. The highest BCUT2D eigenvalue weighted by atomic mass is 127. The molecule has 1 aromatic rings. The molecule has 0 saturated carbocycles.